The lowest BCUT2D eigenvalue weighted by molar-refractivity contribution is 0.527. The molecule has 0 amide bonds. The van der Waals surface area contributed by atoms with Crippen molar-refractivity contribution in [3.05, 3.63) is 5.69 Å². The molecule has 1 atom stereocenters. The molecule has 1 rings (SSSR count). The molecule has 0 aliphatic heterocycles. The van der Waals surface area contributed by atoms with E-state index in [4.69, 9.17) is 5.73 Å². The number of nitrogen functional groups attached to an aromatic ring is 1. The molecule has 0 saturated carbocycles. The third kappa shape index (κ3) is 3.94. The van der Waals surface area contributed by atoms with Gasteiger partial charge in [0.1, 0.15) is 4.90 Å². The molecule has 0 radical (unpaired) electrons. The molecule has 3 N–H and O–H groups in total. The van der Waals surface area contributed by atoms with Crippen LogP contribution in [-0.2, 0) is 17.1 Å². The molecule has 6 nitrogen and oxygen atoms in total. The number of nitrogens with zero attached hydrogens (tertiary/aromatic N) is 2. The maximum absolute atomic E-state index is 12.3. The van der Waals surface area contributed by atoms with Crippen molar-refractivity contribution < 1.29 is 8.42 Å². The van der Waals surface area contributed by atoms with Gasteiger partial charge in [0.15, 0.2) is 5.82 Å². The smallest absolute Gasteiger partial charge is 0.246 e. The molecule has 0 spiro atoms. The minimum absolute atomic E-state index is 0.0493. The number of hydrogen-bond donors (Lipinski definition) is 2. The lowest BCUT2D eigenvalue weighted by Gasteiger charge is -2.14. The van der Waals surface area contributed by atoms with Gasteiger partial charge in [-0.1, -0.05) is 26.2 Å². The molecule has 19 heavy (non-hydrogen) atoms. The second-order valence-corrected chi connectivity index (χ2v) is 6.59. The zero-order valence-corrected chi connectivity index (χ0v) is 12.9. The summed E-state index contributed by atoms with van der Waals surface area (Å²) in [5.74, 6) is 0.0493. The van der Waals surface area contributed by atoms with Crippen molar-refractivity contribution in [2.75, 3.05) is 5.73 Å². The molecular weight excluding hydrogens is 264 g/mol. The molecule has 0 aliphatic rings. The first-order chi connectivity index (χ1) is 8.79. The summed E-state index contributed by atoms with van der Waals surface area (Å²) < 4.78 is 28.7. The highest BCUT2D eigenvalue weighted by Crippen LogP contribution is 2.21. The molecule has 0 aliphatic carbocycles. The highest BCUT2D eigenvalue weighted by molar-refractivity contribution is 7.89. The van der Waals surface area contributed by atoms with Crippen LogP contribution >= 0.6 is 0 Å². The van der Waals surface area contributed by atoms with Crippen LogP contribution in [-0.4, -0.2) is 24.2 Å². The molecule has 0 aromatic carbocycles. The Kier molecular flexibility index (Phi) is 5.37. The second-order valence-electron chi connectivity index (χ2n) is 4.94. The molecule has 1 unspecified atom stereocenters. The molecule has 7 heteroatoms. The van der Waals surface area contributed by atoms with Crippen LogP contribution in [0.15, 0.2) is 4.90 Å². The van der Waals surface area contributed by atoms with E-state index < -0.39 is 10.0 Å². The molecule has 0 fully saturated rings. The summed E-state index contributed by atoms with van der Waals surface area (Å²) in [7, 11) is -1.92. The predicted molar refractivity (Wildman–Crippen MR) is 76.3 cm³/mol. The molecule has 1 aromatic rings. The first-order valence-electron chi connectivity index (χ1n) is 6.61. The molecule has 0 bridgehead atoms. The highest BCUT2D eigenvalue weighted by Gasteiger charge is 2.25. The molecular formula is C12H24N4O2S. The Bertz CT molecular complexity index is 522. The first-order valence-corrected chi connectivity index (χ1v) is 8.09. The second kappa shape index (κ2) is 6.38. The van der Waals surface area contributed by atoms with Gasteiger partial charge in [-0.25, -0.2) is 13.1 Å². The lowest BCUT2D eigenvalue weighted by atomic mass is 10.1. The monoisotopic (exact) mass is 288 g/mol. The zero-order valence-electron chi connectivity index (χ0n) is 12.1. The van der Waals surface area contributed by atoms with Crippen LogP contribution in [0, 0.1) is 6.92 Å². The van der Waals surface area contributed by atoms with Crippen LogP contribution in [0.2, 0.25) is 0 Å². The standard InChI is InChI=1S/C12H24N4O2S/c1-5-6-7-8-9(2)15-19(17,18)11-10(3)16(4)14-12(11)13/h9,15H,5-8H2,1-4H3,(H2,13,14). The number of nitrogens with two attached hydrogens (primary N) is 1. The van der Waals surface area contributed by atoms with Crippen molar-refractivity contribution in [2.45, 2.75) is 57.4 Å². The van der Waals surface area contributed by atoms with E-state index in [1.165, 1.54) is 4.68 Å². The fourth-order valence-corrected chi connectivity index (χ4v) is 3.63. The summed E-state index contributed by atoms with van der Waals surface area (Å²) in [5, 5.41) is 3.93. The molecule has 0 saturated heterocycles. The summed E-state index contributed by atoms with van der Waals surface area (Å²) in [6.45, 7) is 5.68. The summed E-state index contributed by atoms with van der Waals surface area (Å²) in [4.78, 5) is 0.0948. The Labute approximate surface area is 115 Å². The summed E-state index contributed by atoms with van der Waals surface area (Å²) in [5.41, 5.74) is 6.22. The van der Waals surface area contributed by atoms with E-state index in [2.05, 4.69) is 16.7 Å². The minimum atomic E-state index is -3.60. The van der Waals surface area contributed by atoms with Crippen molar-refractivity contribution in [1.82, 2.24) is 14.5 Å². The van der Waals surface area contributed by atoms with Crippen molar-refractivity contribution in [3.8, 4) is 0 Å². The van der Waals surface area contributed by atoms with Gasteiger partial charge in [-0.2, -0.15) is 5.10 Å². The van der Waals surface area contributed by atoms with E-state index in [1.807, 2.05) is 6.92 Å². The van der Waals surface area contributed by atoms with Gasteiger partial charge in [0.2, 0.25) is 10.0 Å². The van der Waals surface area contributed by atoms with E-state index in [0.717, 1.165) is 25.7 Å². The average molecular weight is 288 g/mol. The quantitative estimate of drug-likeness (QED) is 0.745. The molecule has 1 aromatic heterocycles. The van der Waals surface area contributed by atoms with Gasteiger partial charge in [-0.05, 0) is 20.3 Å². The van der Waals surface area contributed by atoms with Crippen molar-refractivity contribution in [2.24, 2.45) is 7.05 Å². The normalized spacial score (nSPS) is 13.7. The molecule has 1 heterocycles. The number of nitrogens with one attached hydrogen (secondary N) is 1. The van der Waals surface area contributed by atoms with Crippen molar-refractivity contribution >= 4 is 15.8 Å². The Morgan fingerprint density at radius 3 is 2.53 bits per heavy atom. The summed E-state index contributed by atoms with van der Waals surface area (Å²) in [6, 6.07) is -0.101. The average Bonchev–Trinajstić information content (AvgIpc) is 2.52. The number of aryl methyl sites for hydroxylation is 1. The predicted octanol–water partition coefficient (Wildman–Crippen LogP) is 1.56. The third-order valence-electron chi connectivity index (χ3n) is 3.17. The third-order valence-corrected chi connectivity index (χ3v) is 4.92. The van der Waals surface area contributed by atoms with Crippen molar-refractivity contribution in [1.29, 1.82) is 0 Å². The number of anilines is 1. The van der Waals surface area contributed by atoms with Crippen LogP contribution < -0.4 is 10.5 Å². The van der Waals surface area contributed by atoms with Gasteiger partial charge in [-0.3, -0.25) is 4.68 Å². The summed E-state index contributed by atoms with van der Waals surface area (Å²) in [6.07, 6.45) is 4.07. The topological polar surface area (TPSA) is 90.0 Å². The maximum atomic E-state index is 12.3. The first kappa shape index (κ1) is 16.0. The Balaban J connectivity index is 2.81. The number of hydrogen-bond acceptors (Lipinski definition) is 4. The molecule has 110 valence electrons. The van der Waals surface area contributed by atoms with E-state index in [9.17, 15) is 8.42 Å². The summed E-state index contributed by atoms with van der Waals surface area (Å²) >= 11 is 0. The van der Waals surface area contributed by atoms with Crippen LogP contribution in [0.1, 0.15) is 45.2 Å². The van der Waals surface area contributed by atoms with Gasteiger partial charge in [-0.15, -0.1) is 0 Å². The Morgan fingerprint density at radius 1 is 1.42 bits per heavy atom. The van der Waals surface area contributed by atoms with Gasteiger partial charge < -0.3 is 5.73 Å². The van der Waals surface area contributed by atoms with Crippen LogP contribution in [0.4, 0.5) is 5.82 Å². The fraction of sp³-hybridized carbons (Fsp3) is 0.750. The number of unbranched alkanes of at least 4 members (excludes halogenated alkanes) is 2. The SMILES string of the molecule is CCCCCC(C)NS(=O)(=O)c1c(N)nn(C)c1C. The van der Waals surface area contributed by atoms with E-state index in [-0.39, 0.29) is 16.8 Å². The van der Waals surface area contributed by atoms with E-state index in [0.29, 0.717) is 5.69 Å². The van der Waals surface area contributed by atoms with Gasteiger partial charge >= 0.3 is 0 Å². The van der Waals surface area contributed by atoms with Crippen molar-refractivity contribution in [3.63, 3.8) is 0 Å². The van der Waals surface area contributed by atoms with Crippen LogP contribution in [0.3, 0.4) is 0 Å². The fourth-order valence-electron chi connectivity index (χ4n) is 2.03. The Hall–Kier alpha value is -1.08. The highest BCUT2D eigenvalue weighted by atomic mass is 32.2. The zero-order chi connectivity index (χ0) is 14.6. The lowest BCUT2D eigenvalue weighted by Crippen LogP contribution is -2.33. The van der Waals surface area contributed by atoms with Gasteiger partial charge in [0.25, 0.3) is 0 Å². The number of aromatic nitrogens is 2. The van der Waals surface area contributed by atoms with Gasteiger partial charge in [0.05, 0.1) is 5.69 Å². The van der Waals surface area contributed by atoms with Crippen LogP contribution in [0.25, 0.3) is 0 Å². The van der Waals surface area contributed by atoms with Gasteiger partial charge in [0, 0.05) is 13.1 Å². The number of rotatable bonds is 7. The Morgan fingerprint density at radius 2 is 2.05 bits per heavy atom. The minimum Gasteiger partial charge on any atom is -0.381 e. The van der Waals surface area contributed by atoms with Crippen LogP contribution in [0.5, 0.6) is 0 Å². The van der Waals surface area contributed by atoms with E-state index in [1.54, 1.807) is 14.0 Å². The van der Waals surface area contributed by atoms with E-state index >= 15 is 0 Å². The maximum Gasteiger partial charge on any atom is 0.246 e. The largest absolute Gasteiger partial charge is 0.381 e. The number of sulfonamides is 1.